The molecular formula is C25H22ClN3O2. The molecule has 0 spiro atoms. The van der Waals surface area contributed by atoms with Crippen LogP contribution in [-0.2, 0) is 9.59 Å². The Kier molecular flexibility index (Phi) is 5.53. The van der Waals surface area contributed by atoms with Crippen LogP contribution >= 0.6 is 11.6 Å². The van der Waals surface area contributed by atoms with Gasteiger partial charge in [-0.3, -0.25) is 9.59 Å². The van der Waals surface area contributed by atoms with E-state index in [4.69, 9.17) is 11.6 Å². The maximum absolute atomic E-state index is 13.6. The molecular weight excluding hydrogens is 410 g/mol. The lowest BCUT2D eigenvalue weighted by molar-refractivity contribution is -0.120. The predicted octanol–water partition coefficient (Wildman–Crippen LogP) is 4.83. The zero-order valence-corrected chi connectivity index (χ0v) is 18.3. The Bertz CT molecular complexity index is 1150. The Morgan fingerprint density at radius 1 is 0.710 bits per heavy atom. The van der Waals surface area contributed by atoms with Crippen molar-refractivity contribution in [2.45, 2.75) is 0 Å². The third-order valence-electron chi connectivity index (χ3n) is 5.30. The average Bonchev–Trinajstić information content (AvgIpc) is 3.04. The van der Waals surface area contributed by atoms with Crippen LogP contribution in [0.1, 0.15) is 5.56 Å². The summed E-state index contributed by atoms with van der Waals surface area (Å²) in [5, 5.41) is 0.565. The molecule has 2 amide bonds. The monoisotopic (exact) mass is 431 g/mol. The summed E-state index contributed by atoms with van der Waals surface area (Å²) in [5.74, 6) is -0.721. The lowest BCUT2D eigenvalue weighted by atomic mass is 10.0. The Labute approximate surface area is 186 Å². The van der Waals surface area contributed by atoms with Crippen LogP contribution in [0.4, 0.5) is 17.1 Å². The Morgan fingerprint density at radius 2 is 1.32 bits per heavy atom. The van der Waals surface area contributed by atoms with Crippen molar-refractivity contribution in [1.82, 2.24) is 0 Å². The molecule has 1 heterocycles. The molecule has 0 atom stereocenters. The number of hydrogen-bond donors (Lipinski definition) is 0. The van der Waals surface area contributed by atoms with Gasteiger partial charge in [0.05, 0.1) is 11.3 Å². The highest BCUT2D eigenvalue weighted by Gasteiger charge is 2.42. The maximum Gasteiger partial charge on any atom is 0.282 e. The number of carbonyl (C=O) groups excluding carboxylic acids is 2. The van der Waals surface area contributed by atoms with E-state index in [9.17, 15) is 9.59 Å². The highest BCUT2D eigenvalue weighted by atomic mass is 35.5. The molecule has 1 aliphatic rings. The molecule has 0 saturated heterocycles. The summed E-state index contributed by atoms with van der Waals surface area (Å²) in [7, 11) is 5.67. The maximum atomic E-state index is 13.6. The van der Waals surface area contributed by atoms with Gasteiger partial charge in [-0.05, 0) is 54.1 Å². The first kappa shape index (κ1) is 20.7. The zero-order chi connectivity index (χ0) is 22.1. The van der Waals surface area contributed by atoms with Crippen LogP contribution in [-0.4, -0.2) is 33.0 Å². The fraction of sp³-hybridized carbons (Fsp3) is 0.120. The molecule has 4 rings (SSSR count). The van der Waals surface area contributed by atoms with Crippen molar-refractivity contribution in [2.75, 3.05) is 35.8 Å². The topological polar surface area (TPSA) is 43.9 Å². The summed E-state index contributed by atoms with van der Waals surface area (Å²) in [6, 6.07) is 23.8. The summed E-state index contributed by atoms with van der Waals surface area (Å²) in [5.41, 5.74) is 3.65. The number of nitrogens with zero attached hydrogens (tertiary/aromatic N) is 3. The van der Waals surface area contributed by atoms with Gasteiger partial charge in [-0.1, -0.05) is 41.9 Å². The molecule has 0 radical (unpaired) electrons. The molecule has 6 heteroatoms. The Balaban J connectivity index is 1.83. The fourth-order valence-electron chi connectivity index (χ4n) is 3.62. The van der Waals surface area contributed by atoms with E-state index in [0.717, 1.165) is 11.4 Å². The summed E-state index contributed by atoms with van der Waals surface area (Å²) in [6.07, 6.45) is 0. The van der Waals surface area contributed by atoms with E-state index in [1.165, 1.54) is 4.90 Å². The fourth-order valence-corrected chi connectivity index (χ4v) is 3.75. The van der Waals surface area contributed by atoms with Gasteiger partial charge in [-0.2, -0.15) is 0 Å². The van der Waals surface area contributed by atoms with E-state index in [0.29, 0.717) is 27.5 Å². The van der Waals surface area contributed by atoms with Gasteiger partial charge in [-0.15, -0.1) is 0 Å². The second-order valence-electron chi connectivity index (χ2n) is 7.48. The van der Waals surface area contributed by atoms with Crippen molar-refractivity contribution >= 4 is 46.1 Å². The number of likely N-dealkylation sites (N-methyl/N-ethyl adjacent to an activating group) is 1. The molecule has 0 saturated carbocycles. The van der Waals surface area contributed by atoms with Crippen LogP contribution in [0.3, 0.4) is 0 Å². The van der Waals surface area contributed by atoms with Gasteiger partial charge in [0.15, 0.2) is 0 Å². The van der Waals surface area contributed by atoms with E-state index < -0.39 is 0 Å². The van der Waals surface area contributed by atoms with Crippen molar-refractivity contribution < 1.29 is 9.59 Å². The highest BCUT2D eigenvalue weighted by molar-refractivity contribution is 6.46. The van der Waals surface area contributed by atoms with Gasteiger partial charge in [0.25, 0.3) is 11.8 Å². The van der Waals surface area contributed by atoms with Crippen molar-refractivity contribution in [1.29, 1.82) is 0 Å². The van der Waals surface area contributed by atoms with Crippen LogP contribution in [0.2, 0.25) is 5.02 Å². The molecule has 0 aromatic heterocycles. The number of halogens is 1. The van der Waals surface area contributed by atoms with Crippen LogP contribution in [0.5, 0.6) is 0 Å². The number of imide groups is 1. The molecule has 3 aromatic carbocycles. The standard InChI is InChI=1S/C25H22ClN3O2/c1-27(2)19-13-15-21(16-14-19)29-24(30)22(17-9-11-18(26)12-10-17)23(25(29)31)28(3)20-7-5-4-6-8-20/h4-16H,1-3H3. The number of para-hydroxylation sites is 1. The molecule has 1 aliphatic heterocycles. The molecule has 31 heavy (non-hydrogen) atoms. The first-order valence-electron chi connectivity index (χ1n) is 9.83. The third kappa shape index (κ3) is 3.80. The molecule has 5 nitrogen and oxygen atoms in total. The lowest BCUT2D eigenvalue weighted by Gasteiger charge is -2.22. The third-order valence-corrected chi connectivity index (χ3v) is 5.55. The normalized spacial score (nSPS) is 13.7. The molecule has 0 aliphatic carbocycles. The summed E-state index contributed by atoms with van der Waals surface area (Å²) in [4.78, 5) is 32.1. The smallest absolute Gasteiger partial charge is 0.282 e. The van der Waals surface area contributed by atoms with Crippen LogP contribution in [0.25, 0.3) is 5.57 Å². The molecule has 0 unspecified atom stereocenters. The Morgan fingerprint density at radius 3 is 1.90 bits per heavy atom. The predicted molar refractivity (Wildman–Crippen MR) is 126 cm³/mol. The first-order valence-corrected chi connectivity index (χ1v) is 10.2. The van der Waals surface area contributed by atoms with Crippen LogP contribution < -0.4 is 14.7 Å². The number of carbonyl (C=O) groups is 2. The summed E-state index contributed by atoms with van der Waals surface area (Å²) < 4.78 is 0. The van der Waals surface area contributed by atoms with Crippen LogP contribution in [0, 0.1) is 0 Å². The first-order chi connectivity index (χ1) is 14.9. The largest absolute Gasteiger partial charge is 0.378 e. The van der Waals surface area contributed by atoms with E-state index in [1.54, 1.807) is 48.3 Å². The van der Waals surface area contributed by atoms with Crippen molar-refractivity contribution in [3.63, 3.8) is 0 Å². The minimum absolute atomic E-state index is 0.329. The second kappa shape index (κ2) is 8.28. The Hall–Kier alpha value is -3.57. The van der Waals surface area contributed by atoms with Gasteiger partial charge < -0.3 is 9.80 Å². The number of benzene rings is 3. The number of hydrogen-bond acceptors (Lipinski definition) is 4. The van der Waals surface area contributed by atoms with Gasteiger partial charge in [0, 0.05) is 37.5 Å². The van der Waals surface area contributed by atoms with Crippen LogP contribution in [0.15, 0.2) is 84.6 Å². The highest BCUT2D eigenvalue weighted by Crippen LogP contribution is 2.36. The average molecular weight is 432 g/mol. The molecule has 156 valence electrons. The minimum atomic E-state index is -0.362. The molecule has 3 aromatic rings. The van der Waals surface area contributed by atoms with E-state index in [1.807, 2.05) is 61.5 Å². The van der Waals surface area contributed by atoms with Gasteiger partial charge in [0.1, 0.15) is 5.70 Å². The SMILES string of the molecule is CN(C)c1ccc(N2C(=O)C(c3ccc(Cl)cc3)=C(N(C)c3ccccc3)C2=O)cc1. The van der Waals surface area contributed by atoms with Gasteiger partial charge in [0.2, 0.25) is 0 Å². The molecule has 0 bridgehead atoms. The van der Waals surface area contributed by atoms with E-state index in [2.05, 4.69) is 0 Å². The van der Waals surface area contributed by atoms with E-state index in [-0.39, 0.29) is 11.8 Å². The zero-order valence-electron chi connectivity index (χ0n) is 17.5. The van der Waals surface area contributed by atoms with E-state index >= 15 is 0 Å². The minimum Gasteiger partial charge on any atom is -0.378 e. The summed E-state index contributed by atoms with van der Waals surface area (Å²) >= 11 is 6.05. The van der Waals surface area contributed by atoms with Crippen molar-refractivity contribution in [3.05, 3.63) is 95.1 Å². The molecule has 0 fully saturated rings. The van der Waals surface area contributed by atoms with Gasteiger partial charge >= 0.3 is 0 Å². The van der Waals surface area contributed by atoms with Gasteiger partial charge in [-0.25, -0.2) is 4.90 Å². The number of anilines is 3. The number of amides is 2. The van der Waals surface area contributed by atoms with Crippen molar-refractivity contribution in [2.24, 2.45) is 0 Å². The summed E-state index contributed by atoms with van der Waals surface area (Å²) in [6.45, 7) is 0. The quantitative estimate of drug-likeness (QED) is 0.543. The second-order valence-corrected chi connectivity index (χ2v) is 7.92. The number of rotatable bonds is 5. The molecule has 0 N–H and O–H groups in total. The van der Waals surface area contributed by atoms with Crippen molar-refractivity contribution in [3.8, 4) is 0 Å². The lowest BCUT2D eigenvalue weighted by Crippen LogP contribution is -2.34.